The Bertz CT molecular complexity index is 717. The van der Waals surface area contributed by atoms with E-state index in [4.69, 9.17) is 4.74 Å². The van der Waals surface area contributed by atoms with Gasteiger partial charge >= 0.3 is 0 Å². The van der Waals surface area contributed by atoms with E-state index in [1.807, 2.05) is 24.3 Å². The Labute approximate surface area is 146 Å². The van der Waals surface area contributed by atoms with Crippen LogP contribution < -0.4 is 15.4 Å². The molecule has 0 aliphatic rings. The molecule has 7 heteroatoms. The van der Waals surface area contributed by atoms with Crippen LogP contribution in [0.4, 0.5) is 11.4 Å². The lowest BCUT2D eigenvalue weighted by atomic mass is 10.1. The van der Waals surface area contributed by atoms with Crippen molar-refractivity contribution in [2.45, 2.75) is 12.8 Å². The number of anilines is 1. The molecule has 0 spiro atoms. The van der Waals surface area contributed by atoms with Crippen molar-refractivity contribution in [3.8, 4) is 5.75 Å². The minimum absolute atomic E-state index is 0.0216. The van der Waals surface area contributed by atoms with E-state index in [1.54, 1.807) is 25.3 Å². The molecule has 0 saturated carbocycles. The minimum atomic E-state index is -0.435. The largest absolute Gasteiger partial charge is 0.497 e. The number of hydrogen-bond acceptors (Lipinski definition) is 5. The molecule has 0 aliphatic heterocycles. The molecule has 2 aromatic carbocycles. The van der Waals surface area contributed by atoms with Gasteiger partial charge in [0, 0.05) is 25.6 Å². The van der Waals surface area contributed by atoms with Crippen LogP contribution in [0.2, 0.25) is 0 Å². The molecule has 1 amide bonds. The lowest BCUT2D eigenvalue weighted by Crippen LogP contribution is -2.29. The smallest absolute Gasteiger partial charge is 0.292 e. The van der Waals surface area contributed by atoms with E-state index in [1.165, 1.54) is 6.07 Å². The van der Waals surface area contributed by atoms with Gasteiger partial charge in [0.1, 0.15) is 11.4 Å². The first-order valence-electron chi connectivity index (χ1n) is 7.97. The lowest BCUT2D eigenvalue weighted by molar-refractivity contribution is -0.384. The monoisotopic (exact) mass is 343 g/mol. The van der Waals surface area contributed by atoms with Gasteiger partial charge in [0.05, 0.1) is 12.0 Å². The number of para-hydroxylation sites is 2. The van der Waals surface area contributed by atoms with E-state index < -0.39 is 4.92 Å². The highest BCUT2D eigenvalue weighted by Gasteiger charge is 2.11. The van der Waals surface area contributed by atoms with Crippen molar-refractivity contribution in [3.05, 3.63) is 64.2 Å². The van der Waals surface area contributed by atoms with Crippen LogP contribution in [0.1, 0.15) is 12.0 Å². The first-order chi connectivity index (χ1) is 12.1. The van der Waals surface area contributed by atoms with Crippen LogP contribution in [0.25, 0.3) is 0 Å². The van der Waals surface area contributed by atoms with E-state index in [9.17, 15) is 14.9 Å². The Morgan fingerprint density at radius 1 is 1.12 bits per heavy atom. The van der Waals surface area contributed by atoms with Gasteiger partial charge < -0.3 is 15.4 Å². The number of rotatable bonds is 9. The van der Waals surface area contributed by atoms with Crippen molar-refractivity contribution < 1.29 is 14.5 Å². The van der Waals surface area contributed by atoms with Gasteiger partial charge in [-0.15, -0.1) is 0 Å². The fraction of sp³-hybridized carbons (Fsp3) is 0.278. The summed E-state index contributed by atoms with van der Waals surface area (Å²) in [4.78, 5) is 22.3. The minimum Gasteiger partial charge on any atom is -0.497 e. The fourth-order valence-corrected chi connectivity index (χ4v) is 2.32. The molecule has 0 atom stereocenters. The number of carbonyl (C=O) groups is 1. The van der Waals surface area contributed by atoms with Crippen LogP contribution in [-0.4, -0.2) is 31.0 Å². The van der Waals surface area contributed by atoms with E-state index in [0.717, 1.165) is 11.3 Å². The zero-order valence-corrected chi connectivity index (χ0v) is 14.0. The molecule has 7 nitrogen and oxygen atoms in total. The summed E-state index contributed by atoms with van der Waals surface area (Å²) in [5.74, 6) is 0.731. The zero-order valence-electron chi connectivity index (χ0n) is 14.0. The maximum Gasteiger partial charge on any atom is 0.292 e. The summed E-state index contributed by atoms with van der Waals surface area (Å²) in [6.45, 7) is 0.812. The van der Waals surface area contributed by atoms with Crippen molar-refractivity contribution in [3.63, 3.8) is 0 Å². The summed E-state index contributed by atoms with van der Waals surface area (Å²) in [7, 11) is 1.61. The Morgan fingerprint density at radius 3 is 2.52 bits per heavy atom. The van der Waals surface area contributed by atoms with Crippen LogP contribution in [0.5, 0.6) is 5.75 Å². The van der Waals surface area contributed by atoms with Gasteiger partial charge in [-0.05, 0) is 30.2 Å². The number of nitrogens with one attached hydrogen (secondary N) is 2. The van der Waals surface area contributed by atoms with Crippen LogP contribution in [0.15, 0.2) is 48.5 Å². The predicted molar refractivity (Wildman–Crippen MR) is 95.9 cm³/mol. The van der Waals surface area contributed by atoms with Crippen molar-refractivity contribution in [2.75, 3.05) is 25.5 Å². The number of benzene rings is 2. The maximum atomic E-state index is 11.9. The Balaban J connectivity index is 1.69. The molecule has 132 valence electrons. The van der Waals surface area contributed by atoms with Crippen LogP contribution in [0.3, 0.4) is 0 Å². The first kappa shape index (κ1) is 18.3. The molecule has 2 rings (SSSR count). The van der Waals surface area contributed by atoms with Gasteiger partial charge in [0.25, 0.3) is 5.69 Å². The van der Waals surface area contributed by atoms with Crippen molar-refractivity contribution in [1.82, 2.24) is 5.32 Å². The second kappa shape index (κ2) is 9.27. The molecule has 0 bridgehead atoms. The third kappa shape index (κ3) is 5.80. The molecule has 2 aromatic rings. The third-order valence-electron chi connectivity index (χ3n) is 3.66. The molecule has 25 heavy (non-hydrogen) atoms. The summed E-state index contributed by atoms with van der Waals surface area (Å²) in [5.41, 5.74) is 1.53. The molecule has 0 radical (unpaired) electrons. The number of ether oxygens (including phenoxy) is 1. The van der Waals surface area contributed by atoms with E-state index in [-0.39, 0.29) is 11.6 Å². The maximum absolute atomic E-state index is 11.9. The van der Waals surface area contributed by atoms with Crippen LogP contribution >= 0.6 is 0 Å². The standard InChI is InChI=1S/C18H21N3O4/c1-25-15-9-6-14(7-10-15)8-11-18(22)20-13-12-19-16-4-2-3-5-17(16)21(23)24/h2-7,9-10,19H,8,11-13H2,1H3,(H,20,22). The summed E-state index contributed by atoms with van der Waals surface area (Å²) in [6, 6.07) is 14.0. The summed E-state index contributed by atoms with van der Waals surface area (Å²) < 4.78 is 5.09. The molecule has 2 N–H and O–H groups in total. The average Bonchev–Trinajstić information content (AvgIpc) is 2.64. The highest BCUT2D eigenvalue weighted by Crippen LogP contribution is 2.22. The Kier molecular flexibility index (Phi) is 6.76. The van der Waals surface area contributed by atoms with E-state index in [2.05, 4.69) is 10.6 Å². The van der Waals surface area contributed by atoms with E-state index in [0.29, 0.717) is 31.6 Å². The number of amides is 1. The van der Waals surface area contributed by atoms with Gasteiger partial charge in [-0.25, -0.2) is 0 Å². The average molecular weight is 343 g/mol. The van der Waals surface area contributed by atoms with Gasteiger partial charge in [-0.1, -0.05) is 24.3 Å². The molecule has 0 aliphatic carbocycles. The second-order valence-electron chi connectivity index (χ2n) is 5.40. The number of aryl methyl sites for hydroxylation is 1. The second-order valence-corrected chi connectivity index (χ2v) is 5.40. The van der Waals surface area contributed by atoms with E-state index >= 15 is 0 Å². The third-order valence-corrected chi connectivity index (χ3v) is 3.66. The number of nitrogens with zero attached hydrogens (tertiary/aromatic N) is 1. The van der Waals surface area contributed by atoms with Gasteiger partial charge in [0.15, 0.2) is 0 Å². The molecule has 0 unspecified atom stereocenters. The molecule has 0 aromatic heterocycles. The molecule has 0 fully saturated rings. The Morgan fingerprint density at radius 2 is 1.84 bits per heavy atom. The van der Waals surface area contributed by atoms with Gasteiger partial charge in [-0.2, -0.15) is 0 Å². The lowest BCUT2D eigenvalue weighted by Gasteiger charge is -2.08. The van der Waals surface area contributed by atoms with Crippen molar-refractivity contribution in [2.24, 2.45) is 0 Å². The first-order valence-corrected chi connectivity index (χ1v) is 7.97. The topological polar surface area (TPSA) is 93.5 Å². The quantitative estimate of drug-likeness (QED) is 0.415. The number of hydrogen-bond donors (Lipinski definition) is 2. The molecular weight excluding hydrogens is 322 g/mol. The molecular formula is C18H21N3O4. The number of nitro benzene ring substituents is 1. The number of carbonyl (C=O) groups excluding carboxylic acids is 1. The van der Waals surface area contributed by atoms with Gasteiger partial charge in [-0.3, -0.25) is 14.9 Å². The predicted octanol–water partition coefficient (Wildman–Crippen LogP) is 2.76. The summed E-state index contributed by atoms with van der Waals surface area (Å²) in [5, 5.41) is 16.7. The normalized spacial score (nSPS) is 10.1. The number of nitro groups is 1. The van der Waals surface area contributed by atoms with Crippen LogP contribution in [0, 0.1) is 10.1 Å². The van der Waals surface area contributed by atoms with Crippen LogP contribution in [-0.2, 0) is 11.2 Å². The summed E-state index contributed by atoms with van der Waals surface area (Å²) in [6.07, 6.45) is 1.03. The number of methoxy groups -OCH3 is 1. The van der Waals surface area contributed by atoms with Crippen molar-refractivity contribution >= 4 is 17.3 Å². The highest BCUT2D eigenvalue weighted by molar-refractivity contribution is 5.76. The zero-order chi connectivity index (χ0) is 18.1. The fourth-order valence-electron chi connectivity index (χ4n) is 2.32. The highest BCUT2D eigenvalue weighted by atomic mass is 16.6. The SMILES string of the molecule is COc1ccc(CCC(=O)NCCNc2ccccc2[N+](=O)[O-])cc1. The van der Waals surface area contributed by atoms with Gasteiger partial charge in [0.2, 0.25) is 5.91 Å². The van der Waals surface area contributed by atoms with Crippen molar-refractivity contribution in [1.29, 1.82) is 0 Å². The Hall–Kier alpha value is -3.09. The molecule has 0 heterocycles. The molecule has 0 saturated heterocycles. The summed E-state index contributed by atoms with van der Waals surface area (Å²) >= 11 is 0.